The maximum atomic E-state index is 10.9. The fraction of sp³-hybridized carbons (Fsp3) is 0.217. The normalized spacial score (nSPS) is 11.7. The van der Waals surface area contributed by atoms with E-state index in [0.717, 1.165) is 11.3 Å². The number of ether oxygens (including phenoxy) is 1. The molecule has 0 spiro atoms. The number of methoxy groups -OCH3 is 1. The standard InChI is InChI=1S/C23H22N6O4/c1-4-16-13-20(26-21(25-16)15-9-11-17(12-10-15)29(30)31)24-14(2)23-27-22(28-33-23)18-7-5-6-8-19(18)32-3/h5-14H,4H2,1-3H3,(H,24,25,26). The van der Waals surface area contributed by atoms with Crippen LogP contribution < -0.4 is 10.1 Å². The molecule has 4 rings (SSSR count). The molecule has 4 aromatic rings. The highest BCUT2D eigenvalue weighted by Crippen LogP contribution is 2.29. The van der Waals surface area contributed by atoms with E-state index >= 15 is 0 Å². The first kappa shape index (κ1) is 21.9. The van der Waals surface area contributed by atoms with Crippen molar-refractivity contribution in [1.29, 1.82) is 0 Å². The van der Waals surface area contributed by atoms with Crippen molar-refractivity contribution in [2.45, 2.75) is 26.3 Å². The van der Waals surface area contributed by atoms with Crippen LogP contribution in [0.25, 0.3) is 22.8 Å². The molecule has 0 aliphatic heterocycles. The Morgan fingerprint density at radius 3 is 2.55 bits per heavy atom. The average Bonchev–Trinajstić information content (AvgIpc) is 3.34. The van der Waals surface area contributed by atoms with Crippen molar-refractivity contribution in [1.82, 2.24) is 20.1 Å². The number of hydrogen-bond acceptors (Lipinski definition) is 9. The lowest BCUT2D eigenvalue weighted by molar-refractivity contribution is -0.384. The summed E-state index contributed by atoms with van der Waals surface area (Å²) in [7, 11) is 1.59. The van der Waals surface area contributed by atoms with Crippen LogP contribution in [0.1, 0.15) is 31.5 Å². The summed E-state index contributed by atoms with van der Waals surface area (Å²) in [6, 6.07) is 15.1. The van der Waals surface area contributed by atoms with E-state index in [4.69, 9.17) is 9.26 Å². The Balaban J connectivity index is 1.58. The van der Waals surface area contributed by atoms with E-state index in [1.54, 1.807) is 19.2 Å². The summed E-state index contributed by atoms with van der Waals surface area (Å²) in [5, 5.41) is 18.3. The van der Waals surface area contributed by atoms with Crippen LogP contribution >= 0.6 is 0 Å². The molecule has 1 atom stereocenters. The monoisotopic (exact) mass is 446 g/mol. The highest BCUT2D eigenvalue weighted by molar-refractivity contribution is 5.63. The number of benzene rings is 2. The highest BCUT2D eigenvalue weighted by atomic mass is 16.6. The number of hydrogen-bond donors (Lipinski definition) is 1. The topological polar surface area (TPSA) is 129 Å². The Hall–Kier alpha value is -4.34. The molecule has 0 aliphatic rings. The largest absolute Gasteiger partial charge is 0.496 e. The van der Waals surface area contributed by atoms with Gasteiger partial charge in [-0.2, -0.15) is 4.98 Å². The number of nitrogens with zero attached hydrogens (tertiary/aromatic N) is 5. The molecule has 10 heteroatoms. The van der Waals surface area contributed by atoms with E-state index in [-0.39, 0.29) is 11.7 Å². The van der Waals surface area contributed by atoms with E-state index in [1.807, 2.05) is 44.2 Å². The first-order valence-corrected chi connectivity index (χ1v) is 10.3. The van der Waals surface area contributed by atoms with E-state index in [9.17, 15) is 10.1 Å². The summed E-state index contributed by atoms with van der Waals surface area (Å²) >= 11 is 0. The van der Waals surface area contributed by atoms with Gasteiger partial charge >= 0.3 is 0 Å². The zero-order chi connectivity index (χ0) is 23.4. The summed E-state index contributed by atoms with van der Waals surface area (Å²) in [4.78, 5) is 24.1. The Morgan fingerprint density at radius 1 is 1.09 bits per heavy atom. The third kappa shape index (κ3) is 4.79. The van der Waals surface area contributed by atoms with Crippen molar-refractivity contribution in [3.05, 3.63) is 76.3 Å². The Labute approximate surface area is 189 Å². The van der Waals surface area contributed by atoms with E-state index in [0.29, 0.717) is 41.1 Å². The number of anilines is 1. The molecule has 0 bridgehead atoms. The van der Waals surface area contributed by atoms with E-state index in [1.165, 1.54) is 12.1 Å². The predicted molar refractivity (Wildman–Crippen MR) is 122 cm³/mol. The first-order valence-electron chi connectivity index (χ1n) is 10.3. The maximum absolute atomic E-state index is 10.9. The molecule has 2 aromatic carbocycles. The fourth-order valence-electron chi connectivity index (χ4n) is 3.25. The molecule has 2 heterocycles. The third-order valence-corrected chi connectivity index (χ3v) is 5.00. The van der Waals surface area contributed by atoms with Crippen LogP contribution in [0.5, 0.6) is 5.75 Å². The molecule has 0 saturated heterocycles. The second-order valence-corrected chi connectivity index (χ2v) is 7.25. The first-order chi connectivity index (χ1) is 16.0. The van der Waals surface area contributed by atoms with Crippen molar-refractivity contribution >= 4 is 11.5 Å². The van der Waals surface area contributed by atoms with Crippen molar-refractivity contribution in [2.24, 2.45) is 0 Å². The molecule has 10 nitrogen and oxygen atoms in total. The SMILES string of the molecule is CCc1cc(NC(C)c2nc(-c3ccccc3OC)no2)nc(-c2ccc([N+](=O)[O-])cc2)n1. The molecule has 0 fully saturated rings. The second kappa shape index (κ2) is 9.43. The van der Waals surface area contributed by atoms with E-state index < -0.39 is 4.92 Å². The molecule has 2 aromatic heterocycles. The Kier molecular flexibility index (Phi) is 6.25. The molecule has 0 radical (unpaired) electrons. The Bertz CT molecular complexity index is 1270. The van der Waals surface area contributed by atoms with Gasteiger partial charge in [-0.25, -0.2) is 9.97 Å². The van der Waals surface area contributed by atoms with Gasteiger partial charge in [-0.05, 0) is 37.6 Å². The average molecular weight is 446 g/mol. The van der Waals surface area contributed by atoms with Crippen LogP contribution in [0.4, 0.5) is 11.5 Å². The number of aryl methyl sites for hydroxylation is 1. The van der Waals surface area contributed by atoms with Gasteiger partial charge in [-0.3, -0.25) is 10.1 Å². The van der Waals surface area contributed by atoms with Crippen LogP contribution in [0.3, 0.4) is 0 Å². The van der Waals surface area contributed by atoms with Crippen molar-refractivity contribution in [3.8, 4) is 28.5 Å². The van der Waals surface area contributed by atoms with Crippen molar-refractivity contribution < 1.29 is 14.2 Å². The molecule has 1 N–H and O–H groups in total. The lowest BCUT2D eigenvalue weighted by Gasteiger charge is -2.13. The molecule has 1 unspecified atom stereocenters. The van der Waals surface area contributed by atoms with Crippen LogP contribution in [-0.2, 0) is 6.42 Å². The number of nitrogens with one attached hydrogen (secondary N) is 1. The molecule has 0 saturated carbocycles. The number of rotatable bonds is 8. The van der Waals surface area contributed by atoms with E-state index in [2.05, 4.69) is 25.4 Å². The van der Waals surface area contributed by atoms with Gasteiger partial charge in [-0.15, -0.1) is 0 Å². The van der Waals surface area contributed by atoms with Gasteiger partial charge in [-0.1, -0.05) is 24.2 Å². The molecular weight excluding hydrogens is 424 g/mol. The summed E-state index contributed by atoms with van der Waals surface area (Å²) in [6.07, 6.45) is 0.698. The smallest absolute Gasteiger partial charge is 0.269 e. The Morgan fingerprint density at radius 2 is 1.85 bits per heavy atom. The predicted octanol–water partition coefficient (Wildman–Crippen LogP) is 4.85. The van der Waals surface area contributed by atoms with Gasteiger partial charge in [0.2, 0.25) is 11.7 Å². The zero-order valence-electron chi connectivity index (χ0n) is 18.3. The van der Waals surface area contributed by atoms with Gasteiger partial charge in [0.1, 0.15) is 17.6 Å². The number of aromatic nitrogens is 4. The zero-order valence-corrected chi connectivity index (χ0v) is 18.3. The minimum Gasteiger partial charge on any atom is -0.496 e. The highest BCUT2D eigenvalue weighted by Gasteiger charge is 2.18. The molecular formula is C23H22N6O4. The van der Waals surface area contributed by atoms with Gasteiger partial charge < -0.3 is 14.6 Å². The molecule has 168 valence electrons. The molecule has 0 amide bonds. The minimum absolute atomic E-state index is 0.0135. The maximum Gasteiger partial charge on any atom is 0.269 e. The summed E-state index contributed by atoms with van der Waals surface area (Å²) < 4.78 is 10.8. The lowest BCUT2D eigenvalue weighted by Crippen LogP contribution is -2.10. The lowest BCUT2D eigenvalue weighted by atomic mass is 10.2. The molecule has 0 aliphatic carbocycles. The number of nitro groups is 1. The van der Waals surface area contributed by atoms with Crippen molar-refractivity contribution in [3.63, 3.8) is 0 Å². The van der Waals surface area contributed by atoms with Crippen LogP contribution in [0, 0.1) is 10.1 Å². The van der Waals surface area contributed by atoms with Gasteiger partial charge in [0.25, 0.3) is 5.69 Å². The number of nitro benzene ring substituents is 1. The van der Waals surface area contributed by atoms with Crippen LogP contribution in [0.15, 0.2) is 59.1 Å². The number of para-hydroxylation sites is 1. The van der Waals surface area contributed by atoms with Gasteiger partial charge in [0, 0.05) is 29.5 Å². The van der Waals surface area contributed by atoms with Crippen molar-refractivity contribution in [2.75, 3.05) is 12.4 Å². The van der Waals surface area contributed by atoms with Crippen LogP contribution in [-0.4, -0.2) is 32.1 Å². The molecule has 33 heavy (non-hydrogen) atoms. The fourth-order valence-corrected chi connectivity index (χ4v) is 3.25. The summed E-state index contributed by atoms with van der Waals surface area (Å²) in [6.45, 7) is 3.88. The van der Waals surface area contributed by atoms with Crippen LogP contribution in [0.2, 0.25) is 0 Å². The number of non-ortho nitro benzene ring substituents is 1. The third-order valence-electron chi connectivity index (χ3n) is 5.00. The quantitative estimate of drug-likeness (QED) is 0.298. The summed E-state index contributed by atoms with van der Waals surface area (Å²) in [5.74, 6) is 2.53. The second-order valence-electron chi connectivity index (χ2n) is 7.25. The van der Waals surface area contributed by atoms with Gasteiger partial charge in [0.15, 0.2) is 5.82 Å². The van der Waals surface area contributed by atoms with Gasteiger partial charge in [0.05, 0.1) is 17.6 Å². The minimum atomic E-state index is -0.439. The summed E-state index contributed by atoms with van der Waals surface area (Å²) in [5.41, 5.74) is 2.26.